The van der Waals surface area contributed by atoms with Gasteiger partial charge in [0.05, 0.1) is 0 Å². The van der Waals surface area contributed by atoms with Crippen LogP contribution in [0.15, 0.2) is 91.0 Å². The average molecular weight is 399 g/mol. The van der Waals surface area contributed by atoms with Gasteiger partial charge in [0.15, 0.2) is 11.6 Å². The topological polar surface area (TPSA) is 73.5 Å². The van der Waals surface area contributed by atoms with Crippen molar-refractivity contribution in [3.05, 3.63) is 108 Å². The van der Waals surface area contributed by atoms with Gasteiger partial charge in [-0.15, -0.1) is 0 Å². The van der Waals surface area contributed by atoms with E-state index >= 15 is 0 Å². The summed E-state index contributed by atoms with van der Waals surface area (Å²) in [6.45, 7) is 0. The van der Waals surface area contributed by atoms with Gasteiger partial charge in [0.25, 0.3) is 0 Å². The third-order valence-electron chi connectivity index (χ3n) is 5.03. The van der Waals surface area contributed by atoms with E-state index in [1.807, 2.05) is 24.3 Å². The van der Waals surface area contributed by atoms with Crippen molar-refractivity contribution in [1.82, 2.24) is 0 Å². The summed E-state index contributed by atoms with van der Waals surface area (Å²) in [5.41, 5.74) is -1.89. The Morgan fingerprint density at radius 1 is 0.900 bits per heavy atom. The lowest BCUT2D eigenvalue weighted by Gasteiger charge is -2.28. The monoisotopic (exact) mass is 399 g/mol. The van der Waals surface area contributed by atoms with Crippen LogP contribution in [0, 0.1) is 17.1 Å². The molecule has 0 aromatic heterocycles. The smallest absolute Gasteiger partial charge is 0.207 e. The number of para-hydroxylation sites is 1. The number of nitriles is 1. The number of ether oxygens (including phenoxy) is 1. The Bertz CT molecular complexity index is 1230. The van der Waals surface area contributed by atoms with Crippen molar-refractivity contribution in [1.29, 1.82) is 5.26 Å². The standard InChI is InChI=1S/C25H18FNO3/c26-22-14-13-18(15-23(22)30-19-9-2-1-3-10-19)25(29,16-27)24(28)21-12-6-8-17-7-4-5-11-20(17)21/h1-15,24,28-29H. The van der Waals surface area contributed by atoms with Gasteiger partial charge < -0.3 is 14.9 Å². The number of fused-ring (bicyclic) bond motifs is 1. The van der Waals surface area contributed by atoms with E-state index in [1.165, 1.54) is 12.1 Å². The van der Waals surface area contributed by atoms with Crippen LogP contribution in [-0.2, 0) is 5.60 Å². The van der Waals surface area contributed by atoms with E-state index in [-0.39, 0.29) is 11.3 Å². The van der Waals surface area contributed by atoms with Crippen LogP contribution in [0.5, 0.6) is 11.5 Å². The van der Waals surface area contributed by atoms with Crippen LogP contribution >= 0.6 is 0 Å². The molecule has 0 amide bonds. The molecule has 4 aromatic carbocycles. The molecule has 2 unspecified atom stereocenters. The molecule has 4 rings (SSSR count). The van der Waals surface area contributed by atoms with Crippen molar-refractivity contribution in [3.8, 4) is 17.6 Å². The van der Waals surface area contributed by atoms with E-state index in [4.69, 9.17) is 4.74 Å². The van der Waals surface area contributed by atoms with E-state index in [0.29, 0.717) is 16.7 Å². The molecule has 2 atom stereocenters. The van der Waals surface area contributed by atoms with Crippen molar-refractivity contribution in [3.63, 3.8) is 0 Å². The highest BCUT2D eigenvalue weighted by atomic mass is 19.1. The molecule has 0 bridgehead atoms. The second-order valence-corrected chi connectivity index (χ2v) is 6.91. The van der Waals surface area contributed by atoms with E-state index in [0.717, 1.165) is 11.5 Å². The molecule has 0 spiro atoms. The number of hydrogen-bond donors (Lipinski definition) is 2. The first-order valence-electron chi connectivity index (χ1n) is 9.35. The summed E-state index contributed by atoms with van der Waals surface area (Å²) in [5, 5.41) is 33.6. The summed E-state index contributed by atoms with van der Waals surface area (Å²) >= 11 is 0. The normalized spacial score (nSPS) is 13.9. The Kier molecular flexibility index (Phi) is 5.20. The van der Waals surface area contributed by atoms with Gasteiger partial charge in [-0.3, -0.25) is 0 Å². The van der Waals surface area contributed by atoms with Crippen LogP contribution < -0.4 is 4.74 Å². The SMILES string of the molecule is N#CC(O)(c1ccc(F)c(Oc2ccccc2)c1)C(O)c1cccc2ccccc12. The number of hydrogen-bond acceptors (Lipinski definition) is 4. The van der Waals surface area contributed by atoms with Gasteiger partial charge in [-0.2, -0.15) is 5.26 Å². The number of rotatable bonds is 5. The van der Waals surface area contributed by atoms with Crippen molar-refractivity contribution in [2.75, 3.05) is 0 Å². The maximum Gasteiger partial charge on any atom is 0.207 e. The molecule has 0 heterocycles. The summed E-state index contributed by atoms with van der Waals surface area (Å²) < 4.78 is 19.9. The second-order valence-electron chi connectivity index (χ2n) is 6.91. The zero-order valence-electron chi connectivity index (χ0n) is 15.9. The number of aliphatic hydroxyl groups excluding tert-OH is 1. The van der Waals surface area contributed by atoms with Crippen LogP contribution in [0.4, 0.5) is 4.39 Å². The zero-order valence-corrected chi connectivity index (χ0v) is 15.9. The minimum atomic E-state index is -2.31. The molecule has 0 aliphatic carbocycles. The summed E-state index contributed by atoms with van der Waals surface area (Å²) in [5.74, 6) is -0.399. The zero-order chi connectivity index (χ0) is 21.1. The molecule has 30 heavy (non-hydrogen) atoms. The van der Waals surface area contributed by atoms with E-state index in [2.05, 4.69) is 0 Å². The van der Waals surface area contributed by atoms with Gasteiger partial charge >= 0.3 is 0 Å². The largest absolute Gasteiger partial charge is 0.454 e. The van der Waals surface area contributed by atoms with E-state index < -0.39 is 17.5 Å². The first kappa shape index (κ1) is 19.6. The van der Waals surface area contributed by atoms with Crippen molar-refractivity contribution >= 4 is 10.8 Å². The summed E-state index contributed by atoms with van der Waals surface area (Å²) in [6, 6.07) is 26.6. The quantitative estimate of drug-likeness (QED) is 0.452. The number of benzene rings is 4. The molecule has 0 aliphatic rings. The molecule has 2 N–H and O–H groups in total. The summed E-state index contributed by atoms with van der Waals surface area (Å²) in [4.78, 5) is 0. The Morgan fingerprint density at radius 3 is 2.37 bits per heavy atom. The molecule has 148 valence electrons. The predicted octanol–water partition coefficient (Wildman–Crippen LogP) is 5.22. The van der Waals surface area contributed by atoms with Crippen molar-refractivity contribution in [2.24, 2.45) is 0 Å². The third kappa shape index (κ3) is 3.50. The van der Waals surface area contributed by atoms with Crippen LogP contribution in [0.25, 0.3) is 10.8 Å². The van der Waals surface area contributed by atoms with Gasteiger partial charge in [-0.1, -0.05) is 66.7 Å². The number of halogens is 1. The van der Waals surface area contributed by atoms with Crippen LogP contribution in [0.1, 0.15) is 17.2 Å². The van der Waals surface area contributed by atoms with Crippen LogP contribution in [-0.4, -0.2) is 10.2 Å². The minimum absolute atomic E-state index is 0.0257. The van der Waals surface area contributed by atoms with Gasteiger partial charge in [0.2, 0.25) is 5.60 Å². The lowest BCUT2D eigenvalue weighted by atomic mass is 9.84. The first-order chi connectivity index (χ1) is 14.5. The molecular weight excluding hydrogens is 381 g/mol. The second kappa shape index (κ2) is 7.96. The van der Waals surface area contributed by atoms with Gasteiger partial charge in [0, 0.05) is 5.56 Å². The fourth-order valence-corrected chi connectivity index (χ4v) is 3.43. The molecule has 0 saturated heterocycles. The number of aliphatic hydroxyl groups is 2. The highest BCUT2D eigenvalue weighted by molar-refractivity contribution is 5.86. The Morgan fingerprint density at radius 2 is 1.60 bits per heavy atom. The predicted molar refractivity (Wildman–Crippen MR) is 111 cm³/mol. The molecule has 0 saturated carbocycles. The maximum absolute atomic E-state index is 14.3. The van der Waals surface area contributed by atoms with Crippen LogP contribution in [0.3, 0.4) is 0 Å². The van der Waals surface area contributed by atoms with E-state index in [1.54, 1.807) is 54.6 Å². The van der Waals surface area contributed by atoms with Crippen molar-refractivity contribution in [2.45, 2.75) is 11.7 Å². The fraction of sp³-hybridized carbons (Fsp3) is 0.0800. The molecular formula is C25H18FNO3. The molecule has 4 nitrogen and oxygen atoms in total. The van der Waals surface area contributed by atoms with E-state index in [9.17, 15) is 19.9 Å². The molecule has 4 aromatic rings. The summed E-state index contributed by atoms with van der Waals surface area (Å²) in [7, 11) is 0. The maximum atomic E-state index is 14.3. The number of nitrogens with zero attached hydrogens (tertiary/aromatic N) is 1. The lowest BCUT2D eigenvalue weighted by Crippen LogP contribution is -2.32. The lowest BCUT2D eigenvalue weighted by molar-refractivity contribution is -0.0392. The van der Waals surface area contributed by atoms with Gasteiger partial charge in [-0.25, -0.2) is 4.39 Å². The molecule has 5 heteroatoms. The molecule has 0 fully saturated rings. The first-order valence-corrected chi connectivity index (χ1v) is 9.35. The molecule has 0 aliphatic heterocycles. The Labute approximate surface area is 173 Å². The van der Waals surface area contributed by atoms with Crippen molar-refractivity contribution < 1.29 is 19.3 Å². The molecule has 0 radical (unpaired) electrons. The highest BCUT2D eigenvalue weighted by Crippen LogP contribution is 2.39. The van der Waals surface area contributed by atoms with Gasteiger partial charge in [0.1, 0.15) is 17.9 Å². The average Bonchev–Trinajstić information content (AvgIpc) is 2.79. The third-order valence-corrected chi connectivity index (χ3v) is 5.03. The van der Waals surface area contributed by atoms with Gasteiger partial charge in [-0.05, 0) is 40.6 Å². The van der Waals surface area contributed by atoms with Crippen LogP contribution in [0.2, 0.25) is 0 Å². The minimum Gasteiger partial charge on any atom is -0.454 e. The Hall–Kier alpha value is -3.72. The summed E-state index contributed by atoms with van der Waals surface area (Å²) in [6.07, 6.45) is -1.57. The Balaban J connectivity index is 1.77. The highest BCUT2D eigenvalue weighted by Gasteiger charge is 2.40. The fourth-order valence-electron chi connectivity index (χ4n) is 3.43.